The third kappa shape index (κ3) is 8.37. The van der Waals surface area contributed by atoms with Crippen molar-refractivity contribution in [2.24, 2.45) is 0 Å². The molecule has 7 rings (SSSR count). The summed E-state index contributed by atoms with van der Waals surface area (Å²) in [5, 5.41) is 0. The minimum absolute atomic E-state index is 0.767. The molecule has 3 nitrogen and oxygen atoms in total. The second-order valence-corrected chi connectivity index (χ2v) is 20.8. The maximum atomic E-state index is 5.97. The van der Waals surface area contributed by atoms with Crippen molar-refractivity contribution in [3.63, 3.8) is 0 Å². The van der Waals surface area contributed by atoms with Crippen LogP contribution in [0.5, 0.6) is 17.2 Å². The van der Waals surface area contributed by atoms with E-state index in [4.69, 9.17) is 9.22 Å². The molecular weight excluding hydrogens is 746 g/mol. The number of hydrogen-bond donors (Lipinski definition) is 0. The summed E-state index contributed by atoms with van der Waals surface area (Å²) in [6.07, 6.45) is 0. The SMILES string of the molecule is c1ccc([As+](c2ccccc2)(c2ccccc2)c2ccccc2)cc1.c1ccc([O][Sn+]([O]c2ccccc2)[O]c2ccccc2)cc1. The zero-order valence-electron chi connectivity index (χ0n) is 25.9. The molecule has 0 N–H and O–H groups in total. The molecule has 7 aromatic carbocycles. The van der Waals surface area contributed by atoms with E-state index < -0.39 is 34.6 Å². The summed E-state index contributed by atoms with van der Waals surface area (Å²) >= 11 is -5.82. The van der Waals surface area contributed by atoms with E-state index in [-0.39, 0.29) is 0 Å². The van der Waals surface area contributed by atoms with E-state index in [1.54, 1.807) is 0 Å². The first-order valence-corrected chi connectivity index (χ1v) is 22.7. The van der Waals surface area contributed by atoms with Gasteiger partial charge in [-0.25, -0.2) is 0 Å². The van der Waals surface area contributed by atoms with Gasteiger partial charge in [0.2, 0.25) is 0 Å². The average molecular weight is 781 g/mol. The molecule has 0 aliphatic rings. The van der Waals surface area contributed by atoms with E-state index in [1.807, 2.05) is 91.0 Å². The predicted octanol–water partition coefficient (Wildman–Crippen LogP) is 7.27. The van der Waals surface area contributed by atoms with Crippen LogP contribution in [0.4, 0.5) is 0 Å². The van der Waals surface area contributed by atoms with Gasteiger partial charge in [-0.1, -0.05) is 0 Å². The Labute approximate surface area is 288 Å². The Bertz CT molecular complexity index is 1620. The maximum absolute atomic E-state index is 5.97. The van der Waals surface area contributed by atoms with Gasteiger partial charge < -0.3 is 0 Å². The third-order valence-electron chi connectivity index (χ3n) is 7.41. The molecule has 0 bridgehead atoms. The van der Waals surface area contributed by atoms with Gasteiger partial charge in [-0.3, -0.25) is 0 Å². The van der Waals surface area contributed by atoms with Crippen molar-refractivity contribution < 1.29 is 9.22 Å². The van der Waals surface area contributed by atoms with Crippen molar-refractivity contribution >= 4 is 52.0 Å². The van der Waals surface area contributed by atoms with Crippen LogP contribution in [0.25, 0.3) is 0 Å². The fourth-order valence-corrected chi connectivity index (χ4v) is 17.4. The number of rotatable bonds is 10. The predicted molar refractivity (Wildman–Crippen MR) is 197 cm³/mol. The van der Waals surface area contributed by atoms with Crippen LogP contribution in [0.1, 0.15) is 0 Å². The van der Waals surface area contributed by atoms with E-state index in [9.17, 15) is 0 Å². The number of benzene rings is 7. The van der Waals surface area contributed by atoms with Crippen molar-refractivity contribution in [2.45, 2.75) is 0 Å². The van der Waals surface area contributed by atoms with Gasteiger partial charge in [0.25, 0.3) is 0 Å². The number of para-hydroxylation sites is 3. The Morgan fingerprint density at radius 3 is 0.660 bits per heavy atom. The van der Waals surface area contributed by atoms with Crippen LogP contribution in [-0.2, 0) is 0 Å². The molecule has 0 amide bonds. The van der Waals surface area contributed by atoms with E-state index in [1.165, 1.54) is 17.4 Å². The Balaban J connectivity index is 0.000000166. The van der Waals surface area contributed by atoms with Gasteiger partial charge in [0.05, 0.1) is 0 Å². The van der Waals surface area contributed by atoms with Crippen LogP contribution in [0.2, 0.25) is 0 Å². The fraction of sp³-hybridized carbons (Fsp3) is 0. The first-order chi connectivity index (χ1) is 23.3. The molecule has 47 heavy (non-hydrogen) atoms. The molecule has 0 aromatic heterocycles. The zero-order chi connectivity index (χ0) is 32.0. The Morgan fingerprint density at radius 1 is 0.255 bits per heavy atom. The van der Waals surface area contributed by atoms with Gasteiger partial charge in [-0.15, -0.1) is 0 Å². The molecule has 0 saturated carbocycles. The van der Waals surface area contributed by atoms with Crippen LogP contribution >= 0.6 is 0 Å². The quantitative estimate of drug-likeness (QED) is 0.137. The number of hydrogen-bond acceptors (Lipinski definition) is 3. The molecule has 228 valence electrons. The Kier molecular flexibility index (Phi) is 11.5. The fourth-order valence-electron chi connectivity index (χ4n) is 5.32. The molecule has 5 heteroatoms. The molecule has 0 radical (unpaired) electrons. The monoisotopic (exact) mass is 782 g/mol. The molecule has 0 unspecified atom stereocenters. The molecule has 0 saturated heterocycles. The van der Waals surface area contributed by atoms with Crippen LogP contribution < -0.4 is 26.6 Å². The molecule has 0 aliphatic heterocycles. The summed E-state index contributed by atoms with van der Waals surface area (Å²) in [7, 11) is 0. The van der Waals surface area contributed by atoms with E-state index in [0.29, 0.717) is 0 Å². The van der Waals surface area contributed by atoms with Gasteiger partial charge in [0.1, 0.15) is 0 Å². The summed E-state index contributed by atoms with van der Waals surface area (Å²) in [6.45, 7) is 0. The average Bonchev–Trinajstić information content (AvgIpc) is 3.15. The molecule has 0 heterocycles. The van der Waals surface area contributed by atoms with Crippen LogP contribution in [0.3, 0.4) is 0 Å². The summed E-state index contributed by atoms with van der Waals surface area (Å²) in [6, 6.07) is 73.1. The summed E-state index contributed by atoms with van der Waals surface area (Å²) in [5.74, 6) is 2.30. The zero-order valence-corrected chi connectivity index (χ0v) is 30.6. The van der Waals surface area contributed by atoms with Gasteiger partial charge in [0.15, 0.2) is 0 Å². The first kappa shape index (κ1) is 32.2. The van der Waals surface area contributed by atoms with Crippen molar-refractivity contribution in [3.05, 3.63) is 212 Å². The van der Waals surface area contributed by atoms with Crippen molar-refractivity contribution in [1.82, 2.24) is 0 Å². The van der Waals surface area contributed by atoms with Crippen LogP contribution in [-0.4, -0.2) is 34.6 Å². The van der Waals surface area contributed by atoms with Crippen molar-refractivity contribution in [1.29, 1.82) is 0 Å². The van der Waals surface area contributed by atoms with Crippen molar-refractivity contribution in [3.8, 4) is 17.2 Å². The van der Waals surface area contributed by atoms with Gasteiger partial charge in [-0.2, -0.15) is 0 Å². The van der Waals surface area contributed by atoms with Gasteiger partial charge >= 0.3 is 291 Å². The topological polar surface area (TPSA) is 27.7 Å². The van der Waals surface area contributed by atoms with Crippen LogP contribution in [0, 0.1) is 0 Å². The minimum atomic E-state index is -3.06. The first-order valence-electron chi connectivity index (χ1n) is 15.5. The summed E-state index contributed by atoms with van der Waals surface area (Å²) in [5.41, 5.74) is 0. The summed E-state index contributed by atoms with van der Waals surface area (Å²) < 4.78 is 23.7. The molecule has 0 aliphatic carbocycles. The Hall–Kier alpha value is -4.70. The molecule has 7 aromatic rings. The van der Waals surface area contributed by atoms with Gasteiger partial charge in [0, 0.05) is 0 Å². The Morgan fingerprint density at radius 2 is 0.447 bits per heavy atom. The second kappa shape index (κ2) is 16.7. The second-order valence-electron chi connectivity index (χ2n) is 10.5. The normalized spacial score (nSPS) is 10.6. The summed E-state index contributed by atoms with van der Waals surface area (Å²) in [4.78, 5) is 0. The van der Waals surface area contributed by atoms with Crippen LogP contribution in [0.15, 0.2) is 212 Å². The standard InChI is InChI=1S/C24H20As.3C6H6O.Sn/c1-5-13-21(14-6-1)25(22-15-7-2-8-16-22,23-17-9-3-10-18-23)24-19-11-4-12-20-24;3*7-6-4-2-1-3-5-6;/h1-20H;3*1-5,7H;/q+1;;;;+4/p-3. The van der Waals surface area contributed by atoms with E-state index >= 15 is 0 Å². The third-order valence-corrected chi connectivity index (χ3v) is 19.9. The molecule has 0 atom stereocenters. The molecule has 0 spiro atoms. The molecular formula is C42H35AsO3Sn+2. The van der Waals surface area contributed by atoms with Gasteiger partial charge in [-0.05, 0) is 0 Å². The van der Waals surface area contributed by atoms with Crippen molar-refractivity contribution in [2.75, 3.05) is 0 Å². The van der Waals surface area contributed by atoms with E-state index in [0.717, 1.165) is 17.2 Å². The molecule has 0 fully saturated rings. The van der Waals surface area contributed by atoms with E-state index in [2.05, 4.69) is 121 Å².